The zero-order chi connectivity index (χ0) is 21.0. The third-order valence-electron chi connectivity index (χ3n) is 4.87. The summed E-state index contributed by atoms with van der Waals surface area (Å²) in [4.78, 5) is 31.2. The Morgan fingerprint density at radius 1 is 1.17 bits per heavy atom. The second-order valence-corrected chi connectivity index (χ2v) is 8.03. The number of aromatic nitrogens is 1. The van der Waals surface area contributed by atoms with E-state index in [1.807, 2.05) is 62.1 Å². The molecule has 1 aromatic heterocycles. The number of benzene rings is 1. The molecule has 2 amide bonds. The molecule has 0 spiro atoms. The Morgan fingerprint density at radius 2 is 1.90 bits per heavy atom. The van der Waals surface area contributed by atoms with Crippen molar-refractivity contribution in [1.29, 1.82) is 0 Å². The molecule has 1 aliphatic heterocycles. The van der Waals surface area contributed by atoms with Crippen molar-refractivity contribution in [2.75, 3.05) is 18.2 Å². The van der Waals surface area contributed by atoms with Gasteiger partial charge in [0.05, 0.1) is 12.9 Å². The highest BCUT2D eigenvalue weighted by Crippen LogP contribution is 2.34. The van der Waals surface area contributed by atoms with Crippen LogP contribution >= 0.6 is 11.8 Å². The van der Waals surface area contributed by atoms with E-state index in [-0.39, 0.29) is 22.9 Å². The molecule has 2 heterocycles. The van der Waals surface area contributed by atoms with Gasteiger partial charge >= 0.3 is 0 Å². The van der Waals surface area contributed by atoms with Crippen LogP contribution in [0.15, 0.2) is 53.6 Å². The SMILES string of the molecule is COc1ccc(CN2C(=O)C(C)=C(C)C2SCC(=O)Nc2cccc(C)n2)cc1. The molecule has 0 bridgehead atoms. The Hall–Kier alpha value is -2.80. The van der Waals surface area contributed by atoms with Crippen molar-refractivity contribution in [3.63, 3.8) is 0 Å². The van der Waals surface area contributed by atoms with Crippen LogP contribution in [0.5, 0.6) is 5.75 Å². The number of nitrogens with zero attached hydrogens (tertiary/aromatic N) is 2. The van der Waals surface area contributed by atoms with Crippen molar-refractivity contribution in [2.45, 2.75) is 32.7 Å². The summed E-state index contributed by atoms with van der Waals surface area (Å²) in [5.41, 5.74) is 3.60. The standard InChI is InChI=1S/C22H25N3O3S/c1-14-6-5-7-19(23-14)24-20(26)13-29-22-16(3)15(2)21(27)25(22)12-17-8-10-18(28-4)11-9-17/h5-11,22H,12-13H2,1-4H3,(H,23,24,26). The van der Waals surface area contributed by atoms with Crippen molar-refractivity contribution in [1.82, 2.24) is 9.88 Å². The monoisotopic (exact) mass is 411 g/mol. The molecular weight excluding hydrogens is 386 g/mol. The van der Waals surface area contributed by atoms with E-state index >= 15 is 0 Å². The van der Waals surface area contributed by atoms with Crippen molar-refractivity contribution in [3.05, 3.63) is 64.9 Å². The second kappa shape index (κ2) is 9.13. The van der Waals surface area contributed by atoms with Crippen LogP contribution in [0.1, 0.15) is 25.1 Å². The van der Waals surface area contributed by atoms with E-state index in [1.165, 1.54) is 11.8 Å². The molecule has 1 N–H and O–H groups in total. The minimum atomic E-state index is -0.166. The Labute approximate surface area is 175 Å². The normalized spacial score (nSPS) is 16.3. The molecule has 0 saturated heterocycles. The average molecular weight is 412 g/mol. The van der Waals surface area contributed by atoms with E-state index in [1.54, 1.807) is 13.2 Å². The van der Waals surface area contributed by atoms with E-state index in [9.17, 15) is 9.59 Å². The molecule has 1 aromatic carbocycles. The number of carbonyl (C=O) groups is 2. The summed E-state index contributed by atoms with van der Waals surface area (Å²) in [6.07, 6.45) is 0. The number of anilines is 1. The Kier molecular flexibility index (Phi) is 6.59. The maximum absolute atomic E-state index is 12.7. The number of rotatable bonds is 7. The first-order valence-electron chi connectivity index (χ1n) is 9.35. The highest BCUT2D eigenvalue weighted by atomic mass is 32.2. The summed E-state index contributed by atoms with van der Waals surface area (Å²) in [7, 11) is 1.62. The van der Waals surface area contributed by atoms with Gasteiger partial charge in [0, 0.05) is 17.8 Å². The lowest BCUT2D eigenvalue weighted by molar-refractivity contribution is -0.126. The predicted octanol–water partition coefficient (Wildman–Crippen LogP) is 3.78. The third-order valence-corrected chi connectivity index (χ3v) is 6.22. The first-order chi connectivity index (χ1) is 13.9. The van der Waals surface area contributed by atoms with Gasteiger partial charge in [0.2, 0.25) is 5.91 Å². The number of amides is 2. The fourth-order valence-electron chi connectivity index (χ4n) is 3.15. The predicted molar refractivity (Wildman–Crippen MR) is 116 cm³/mol. The molecule has 152 valence electrons. The van der Waals surface area contributed by atoms with Crippen LogP contribution in [0.3, 0.4) is 0 Å². The van der Waals surface area contributed by atoms with Gasteiger partial charge in [-0.1, -0.05) is 18.2 Å². The lowest BCUT2D eigenvalue weighted by Gasteiger charge is -2.26. The van der Waals surface area contributed by atoms with Gasteiger partial charge in [-0.25, -0.2) is 4.98 Å². The highest BCUT2D eigenvalue weighted by molar-refractivity contribution is 8.00. The maximum Gasteiger partial charge on any atom is 0.251 e. The van der Waals surface area contributed by atoms with Crippen LogP contribution in [-0.4, -0.2) is 39.9 Å². The van der Waals surface area contributed by atoms with E-state index in [4.69, 9.17) is 4.74 Å². The zero-order valence-corrected chi connectivity index (χ0v) is 17.9. The largest absolute Gasteiger partial charge is 0.497 e. The van der Waals surface area contributed by atoms with Crippen molar-refractivity contribution < 1.29 is 14.3 Å². The summed E-state index contributed by atoms with van der Waals surface area (Å²) in [5.74, 6) is 1.42. The number of carbonyl (C=O) groups excluding carboxylic acids is 2. The van der Waals surface area contributed by atoms with E-state index in [0.717, 1.165) is 28.2 Å². The van der Waals surface area contributed by atoms with Gasteiger partial charge in [0.1, 0.15) is 16.9 Å². The molecule has 0 radical (unpaired) electrons. The number of thioether (sulfide) groups is 1. The van der Waals surface area contributed by atoms with Crippen LogP contribution < -0.4 is 10.1 Å². The Bertz CT molecular complexity index is 941. The Balaban J connectivity index is 1.65. The Morgan fingerprint density at radius 3 is 2.55 bits per heavy atom. The van der Waals surface area contributed by atoms with Gasteiger partial charge in [-0.15, -0.1) is 11.8 Å². The summed E-state index contributed by atoms with van der Waals surface area (Å²) in [6, 6.07) is 13.2. The van der Waals surface area contributed by atoms with Gasteiger partial charge in [0.15, 0.2) is 0 Å². The van der Waals surface area contributed by atoms with Gasteiger partial charge in [-0.05, 0) is 56.2 Å². The molecule has 0 fully saturated rings. The molecule has 2 aromatic rings. The van der Waals surface area contributed by atoms with Crippen LogP contribution in [-0.2, 0) is 16.1 Å². The van der Waals surface area contributed by atoms with Crippen molar-refractivity contribution in [2.24, 2.45) is 0 Å². The first-order valence-corrected chi connectivity index (χ1v) is 10.4. The molecule has 29 heavy (non-hydrogen) atoms. The number of pyridine rings is 1. The highest BCUT2D eigenvalue weighted by Gasteiger charge is 2.35. The number of ether oxygens (including phenoxy) is 1. The number of hydrogen-bond donors (Lipinski definition) is 1. The second-order valence-electron chi connectivity index (χ2n) is 6.96. The minimum absolute atomic E-state index is 0.0107. The van der Waals surface area contributed by atoms with Crippen LogP contribution in [0.25, 0.3) is 0 Å². The quantitative estimate of drug-likeness (QED) is 0.751. The third kappa shape index (κ3) is 4.98. The lowest BCUT2D eigenvalue weighted by Crippen LogP contribution is -2.34. The smallest absolute Gasteiger partial charge is 0.251 e. The summed E-state index contributed by atoms with van der Waals surface area (Å²) in [5, 5.41) is 2.65. The molecule has 1 aliphatic rings. The topological polar surface area (TPSA) is 71.5 Å². The average Bonchev–Trinajstić information content (AvgIpc) is 2.90. The molecular formula is C22H25N3O3S. The van der Waals surface area contributed by atoms with Crippen molar-refractivity contribution >= 4 is 29.4 Å². The fraction of sp³-hybridized carbons (Fsp3) is 0.318. The van der Waals surface area contributed by atoms with Gasteiger partial charge in [0.25, 0.3) is 5.91 Å². The zero-order valence-electron chi connectivity index (χ0n) is 17.1. The van der Waals surface area contributed by atoms with Crippen LogP contribution in [0.4, 0.5) is 5.82 Å². The maximum atomic E-state index is 12.7. The summed E-state index contributed by atoms with van der Waals surface area (Å²) >= 11 is 1.45. The molecule has 1 unspecified atom stereocenters. The number of methoxy groups -OCH3 is 1. The summed E-state index contributed by atoms with van der Waals surface area (Å²) in [6.45, 7) is 6.16. The van der Waals surface area contributed by atoms with Crippen molar-refractivity contribution in [3.8, 4) is 5.75 Å². The van der Waals surface area contributed by atoms with Gasteiger partial charge in [-0.3, -0.25) is 9.59 Å². The molecule has 6 nitrogen and oxygen atoms in total. The number of hydrogen-bond acceptors (Lipinski definition) is 5. The van der Waals surface area contributed by atoms with Crippen LogP contribution in [0.2, 0.25) is 0 Å². The molecule has 3 rings (SSSR count). The fourth-order valence-corrected chi connectivity index (χ4v) is 4.31. The molecule has 0 aliphatic carbocycles. The lowest BCUT2D eigenvalue weighted by atomic mass is 10.2. The van der Waals surface area contributed by atoms with E-state index < -0.39 is 0 Å². The van der Waals surface area contributed by atoms with E-state index in [0.29, 0.717) is 12.4 Å². The van der Waals surface area contributed by atoms with Gasteiger partial charge < -0.3 is 15.0 Å². The minimum Gasteiger partial charge on any atom is -0.497 e. The first kappa shape index (κ1) is 20.9. The molecule has 1 atom stereocenters. The van der Waals surface area contributed by atoms with Crippen LogP contribution in [0, 0.1) is 6.92 Å². The number of nitrogens with one attached hydrogen (secondary N) is 1. The van der Waals surface area contributed by atoms with E-state index in [2.05, 4.69) is 10.3 Å². The molecule has 0 saturated carbocycles. The molecule has 7 heteroatoms. The summed E-state index contributed by atoms with van der Waals surface area (Å²) < 4.78 is 5.19. The number of aryl methyl sites for hydroxylation is 1. The van der Waals surface area contributed by atoms with Gasteiger partial charge in [-0.2, -0.15) is 0 Å².